The van der Waals surface area contributed by atoms with Gasteiger partial charge in [-0.05, 0) is 23.8 Å². The van der Waals surface area contributed by atoms with Crippen LogP contribution in [0.15, 0.2) is 12.1 Å². The van der Waals surface area contributed by atoms with E-state index in [1.165, 1.54) is 11.8 Å². The number of nitrogens with two attached hydrogens (primary N) is 1. The zero-order chi connectivity index (χ0) is 18.7. The molecule has 0 spiro atoms. The van der Waals surface area contributed by atoms with Crippen molar-refractivity contribution in [1.29, 1.82) is 10.5 Å². The van der Waals surface area contributed by atoms with Gasteiger partial charge < -0.3 is 25.1 Å². The Balaban J connectivity index is 2.10. The number of allylic oxidation sites excluding steroid dienone is 1. The van der Waals surface area contributed by atoms with Crippen LogP contribution in [-0.2, 0) is 6.54 Å². The number of nitrogen functional groups attached to an aromatic ring is 1. The molecule has 0 atom stereocenters. The first-order chi connectivity index (χ1) is 12.6. The van der Waals surface area contributed by atoms with Gasteiger partial charge in [0.05, 0.1) is 25.8 Å². The molecule has 1 aliphatic rings. The van der Waals surface area contributed by atoms with E-state index >= 15 is 0 Å². The van der Waals surface area contributed by atoms with Gasteiger partial charge in [-0.25, -0.2) is 4.68 Å². The summed E-state index contributed by atoms with van der Waals surface area (Å²) < 4.78 is 17.3. The summed E-state index contributed by atoms with van der Waals surface area (Å²) in [6.07, 6.45) is 1.55. The van der Waals surface area contributed by atoms with Crippen LogP contribution in [0.3, 0.4) is 0 Å². The van der Waals surface area contributed by atoms with Crippen LogP contribution in [0.2, 0.25) is 0 Å². The lowest BCUT2D eigenvalue weighted by Gasteiger charge is -2.06. The topological polar surface area (TPSA) is 139 Å². The minimum Gasteiger partial charge on any atom is -0.493 e. The fourth-order valence-electron chi connectivity index (χ4n) is 2.59. The summed E-state index contributed by atoms with van der Waals surface area (Å²) in [6.45, 7) is 0.0167. The molecule has 0 radical (unpaired) electrons. The fourth-order valence-corrected chi connectivity index (χ4v) is 2.59. The average Bonchev–Trinajstić information content (AvgIpc) is 3.24. The van der Waals surface area contributed by atoms with Crippen molar-refractivity contribution in [3.63, 3.8) is 0 Å². The van der Waals surface area contributed by atoms with Crippen molar-refractivity contribution in [1.82, 2.24) is 9.78 Å². The van der Waals surface area contributed by atoms with E-state index in [2.05, 4.69) is 5.10 Å². The molecule has 1 aromatic heterocycles. The number of ether oxygens (including phenoxy) is 3. The minimum atomic E-state index is -0.193. The van der Waals surface area contributed by atoms with Crippen molar-refractivity contribution in [2.45, 2.75) is 6.54 Å². The van der Waals surface area contributed by atoms with Gasteiger partial charge in [0, 0.05) is 0 Å². The van der Waals surface area contributed by atoms with E-state index in [9.17, 15) is 10.5 Å². The van der Waals surface area contributed by atoms with Gasteiger partial charge in [0.1, 0.15) is 29.2 Å². The van der Waals surface area contributed by atoms with E-state index in [-0.39, 0.29) is 42.6 Å². The highest BCUT2D eigenvalue weighted by atomic mass is 16.7. The zero-order valence-corrected chi connectivity index (χ0v) is 13.9. The Morgan fingerprint density at radius 1 is 1.46 bits per heavy atom. The normalized spacial score (nSPS) is 12.5. The maximum absolute atomic E-state index is 9.56. The van der Waals surface area contributed by atoms with Crippen LogP contribution in [0, 0.1) is 22.7 Å². The summed E-state index contributed by atoms with van der Waals surface area (Å²) in [6, 6.07) is 7.37. The molecule has 132 valence electrons. The van der Waals surface area contributed by atoms with Crippen LogP contribution < -0.4 is 19.9 Å². The van der Waals surface area contributed by atoms with Crippen LogP contribution in [0.5, 0.6) is 17.2 Å². The predicted molar refractivity (Wildman–Crippen MR) is 91.0 cm³/mol. The Hall–Kier alpha value is -3.69. The number of aromatic nitrogens is 2. The van der Waals surface area contributed by atoms with Gasteiger partial charge in [-0.3, -0.25) is 0 Å². The third-order valence-corrected chi connectivity index (χ3v) is 3.78. The van der Waals surface area contributed by atoms with E-state index in [1.807, 2.05) is 12.1 Å². The van der Waals surface area contributed by atoms with Gasteiger partial charge in [0.2, 0.25) is 12.5 Å². The molecule has 2 aromatic rings. The number of nitrogens with zero attached hydrogens (tertiary/aromatic N) is 4. The lowest BCUT2D eigenvalue weighted by molar-refractivity contribution is 0.171. The fraction of sp³-hybridized carbons (Fsp3) is 0.235. The molecule has 0 amide bonds. The molecule has 9 heteroatoms. The van der Waals surface area contributed by atoms with Gasteiger partial charge in [-0.15, -0.1) is 0 Å². The number of benzene rings is 1. The van der Waals surface area contributed by atoms with E-state index in [0.717, 1.165) is 0 Å². The van der Waals surface area contributed by atoms with E-state index in [1.54, 1.807) is 18.2 Å². The van der Waals surface area contributed by atoms with Gasteiger partial charge >= 0.3 is 0 Å². The maximum Gasteiger partial charge on any atom is 0.231 e. The molecule has 0 aliphatic carbocycles. The Morgan fingerprint density at radius 2 is 2.27 bits per heavy atom. The SMILES string of the molecule is COc1cc(/C=C(\C#N)c2nn(CCO)c(N)c2C#N)cc2c1OCO2. The Morgan fingerprint density at radius 3 is 2.92 bits per heavy atom. The first-order valence-corrected chi connectivity index (χ1v) is 7.60. The average molecular weight is 353 g/mol. The Bertz CT molecular complexity index is 965. The number of aliphatic hydroxyl groups excluding tert-OH is 1. The molecule has 3 N–H and O–H groups in total. The first-order valence-electron chi connectivity index (χ1n) is 7.60. The predicted octanol–water partition coefficient (Wildman–Crippen LogP) is 1.13. The van der Waals surface area contributed by atoms with Crippen molar-refractivity contribution in [3.05, 3.63) is 29.0 Å². The number of hydrogen-bond acceptors (Lipinski definition) is 8. The molecular formula is C17H15N5O4. The highest BCUT2D eigenvalue weighted by molar-refractivity contribution is 5.91. The standard InChI is InChI=1S/C17H15N5O4/c1-24-13-5-10(6-14-16(13)26-9-25-14)4-11(7-18)15-12(8-19)17(20)22(21-15)2-3-23/h4-6,23H,2-3,9,20H2,1H3/b11-4+. The number of hydrogen-bond donors (Lipinski definition) is 2. The largest absolute Gasteiger partial charge is 0.493 e. The molecule has 0 unspecified atom stereocenters. The molecule has 0 bridgehead atoms. The van der Waals surface area contributed by atoms with Crippen molar-refractivity contribution in [2.75, 3.05) is 26.2 Å². The lowest BCUT2D eigenvalue weighted by atomic mass is 10.1. The Kier molecular flexibility index (Phi) is 4.65. The van der Waals surface area contributed by atoms with E-state index in [0.29, 0.717) is 22.8 Å². The number of methoxy groups -OCH3 is 1. The molecule has 1 aliphatic heterocycles. The van der Waals surface area contributed by atoms with Crippen molar-refractivity contribution < 1.29 is 19.3 Å². The second-order valence-corrected chi connectivity index (χ2v) is 5.29. The maximum atomic E-state index is 9.56. The molecule has 0 fully saturated rings. The Labute approximate surface area is 149 Å². The van der Waals surface area contributed by atoms with Crippen LogP contribution >= 0.6 is 0 Å². The molecular weight excluding hydrogens is 338 g/mol. The van der Waals surface area contributed by atoms with Crippen LogP contribution in [-0.4, -0.2) is 35.4 Å². The number of rotatable bonds is 5. The van der Waals surface area contributed by atoms with Crippen molar-refractivity contribution in [2.24, 2.45) is 0 Å². The summed E-state index contributed by atoms with van der Waals surface area (Å²) in [7, 11) is 1.50. The smallest absolute Gasteiger partial charge is 0.231 e. The number of anilines is 1. The van der Waals surface area contributed by atoms with Crippen molar-refractivity contribution >= 4 is 17.5 Å². The number of nitriles is 2. The molecule has 1 aromatic carbocycles. The van der Waals surface area contributed by atoms with Crippen LogP contribution in [0.4, 0.5) is 5.82 Å². The van der Waals surface area contributed by atoms with Crippen LogP contribution in [0.25, 0.3) is 11.6 Å². The highest BCUT2D eigenvalue weighted by Crippen LogP contribution is 2.42. The first kappa shape index (κ1) is 17.1. The van der Waals surface area contributed by atoms with Crippen LogP contribution in [0.1, 0.15) is 16.8 Å². The summed E-state index contributed by atoms with van der Waals surface area (Å²) in [5.74, 6) is 1.56. The summed E-state index contributed by atoms with van der Waals surface area (Å²) in [5, 5.41) is 32.2. The molecule has 26 heavy (non-hydrogen) atoms. The van der Waals surface area contributed by atoms with Gasteiger partial charge in [0.15, 0.2) is 11.5 Å². The third-order valence-electron chi connectivity index (χ3n) is 3.78. The summed E-state index contributed by atoms with van der Waals surface area (Å²) >= 11 is 0. The molecule has 0 saturated heterocycles. The molecule has 0 saturated carbocycles. The summed E-state index contributed by atoms with van der Waals surface area (Å²) in [4.78, 5) is 0. The molecule has 3 rings (SSSR count). The minimum absolute atomic E-state index is 0.0824. The second kappa shape index (κ2) is 7.05. The van der Waals surface area contributed by atoms with Gasteiger partial charge in [-0.2, -0.15) is 15.6 Å². The monoisotopic (exact) mass is 353 g/mol. The van der Waals surface area contributed by atoms with Gasteiger partial charge in [0.25, 0.3) is 0 Å². The molecule has 2 heterocycles. The van der Waals surface area contributed by atoms with E-state index < -0.39 is 0 Å². The highest BCUT2D eigenvalue weighted by Gasteiger charge is 2.22. The summed E-state index contributed by atoms with van der Waals surface area (Å²) in [5.41, 5.74) is 6.87. The zero-order valence-electron chi connectivity index (χ0n) is 13.9. The number of aliphatic hydroxyl groups is 1. The lowest BCUT2D eigenvalue weighted by Crippen LogP contribution is -2.07. The van der Waals surface area contributed by atoms with Crippen molar-refractivity contribution in [3.8, 4) is 29.4 Å². The number of fused-ring (bicyclic) bond motifs is 1. The van der Waals surface area contributed by atoms with Gasteiger partial charge in [-0.1, -0.05) is 0 Å². The third kappa shape index (κ3) is 2.88. The molecule has 9 nitrogen and oxygen atoms in total. The van der Waals surface area contributed by atoms with E-state index in [4.69, 9.17) is 25.1 Å². The second-order valence-electron chi connectivity index (χ2n) is 5.29. The quantitative estimate of drug-likeness (QED) is 0.763.